The normalized spacial score (nSPS) is 20.1. The molecule has 22 heavy (non-hydrogen) atoms. The molecule has 4 heteroatoms. The van der Waals surface area contributed by atoms with Crippen molar-refractivity contribution in [2.75, 3.05) is 13.7 Å². The molecule has 1 aliphatic rings. The molecule has 3 unspecified atom stereocenters. The van der Waals surface area contributed by atoms with Gasteiger partial charge in [0.25, 0.3) is 0 Å². The van der Waals surface area contributed by atoms with Gasteiger partial charge in [0.1, 0.15) is 6.61 Å². The smallest absolute Gasteiger partial charge is 0.246 e. The lowest BCUT2D eigenvalue weighted by Gasteiger charge is -2.28. The minimum atomic E-state index is -0.0584. The second-order valence-corrected chi connectivity index (χ2v) is 6.31. The third-order valence-corrected chi connectivity index (χ3v) is 4.74. The van der Waals surface area contributed by atoms with Gasteiger partial charge in [-0.2, -0.15) is 0 Å². The Morgan fingerprint density at radius 2 is 2.27 bits per heavy atom. The van der Waals surface area contributed by atoms with Gasteiger partial charge in [0.15, 0.2) is 0 Å². The van der Waals surface area contributed by atoms with E-state index in [0.29, 0.717) is 5.92 Å². The minimum Gasteiger partial charge on any atom is -0.375 e. The summed E-state index contributed by atoms with van der Waals surface area (Å²) in [7, 11) is 1.54. The van der Waals surface area contributed by atoms with Gasteiger partial charge in [-0.15, -0.1) is 0 Å². The van der Waals surface area contributed by atoms with Crippen LogP contribution in [0.5, 0.6) is 0 Å². The number of carbonyl (C=O) groups excluding carboxylic acids is 1. The van der Waals surface area contributed by atoms with Crippen LogP contribution in [-0.4, -0.2) is 19.6 Å². The highest BCUT2D eigenvalue weighted by Crippen LogP contribution is 2.33. The predicted molar refractivity (Wildman–Crippen MR) is 88.5 cm³/mol. The third kappa shape index (κ3) is 3.87. The number of hydrogen-bond donors (Lipinski definition) is 2. The van der Waals surface area contributed by atoms with Crippen LogP contribution in [0.3, 0.4) is 0 Å². The number of fused-ring (bicyclic) bond motifs is 1. The van der Waals surface area contributed by atoms with Crippen LogP contribution in [0, 0.1) is 5.92 Å². The van der Waals surface area contributed by atoms with Gasteiger partial charge < -0.3 is 15.8 Å². The predicted octanol–water partition coefficient (Wildman–Crippen LogP) is 2.87. The molecule has 0 saturated carbocycles. The lowest BCUT2D eigenvalue weighted by Crippen LogP contribution is -2.33. The van der Waals surface area contributed by atoms with Gasteiger partial charge in [0, 0.05) is 13.2 Å². The van der Waals surface area contributed by atoms with Gasteiger partial charge in [0.05, 0.1) is 6.04 Å². The molecular formula is C18H28N2O2. The molecule has 0 heterocycles. The van der Waals surface area contributed by atoms with Crippen LogP contribution >= 0.6 is 0 Å². The van der Waals surface area contributed by atoms with E-state index in [9.17, 15) is 4.79 Å². The molecule has 0 spiro atoms. The average Bonchev–Trinajstić information content (AvgIpc) is 2.53. The molecule has 0 aromatic heterocycles. The highest BCUT2D eigenvalue weighted by Gasteiger charge is 2.23. The van der Waals surface area contributed by atoms with E-state index in [1.807, 2.05) is 0 Å². The molecule has 1 aromatic carbocycles. The molecule has 0 fully saturated rings. The Morgan fingerprint density at radius 1 is 1.50 bits per heavy atom. The number of hydrogen-bond acceptors (Lipinski definition) is 3. The highest BCUT2D eigenvalue weighted by atomic mass is 16.5. The summed E-state index contributed by atoms with van der Waals surface area (Å²) in [5, 5.41) is 3.08. The first kappa shape index (κ1) is 17.0. The summed E-state index contributed by atoms with van der Waals surface area (Å²) in [6.45, 7) is 4.45. The van der Waals surface area contributed by atoms with Crippen molar-refractivity contribution in [3.05, 3.63) is 34.9 Å². The molecule has 2 rings (SSSR count). The minimum absolute atomic E-state index is 0.0487. The van der Waals surface area contributed by atoms with Crippen LogP contribution in [0.2, 0.25) is 0 Å². The summed E-state index contributed by atoms with van der Waals surface area (Å²) in [5.41, 5.74) is 10.1. The fourth-order valence-corrected chi connectivity index (χ4v) is 3.12. The van der Waals surface area contributed by atoms with E-state index < -0.39 is 0 Å². The van der Waals surface area contributed by atoms with E-state index in [-0.39, 0.29) is 24.6 Å². The molecule has 0 radical (unpaired) electrons. The van der Waals surface area contributed by atoms with E-state index >= 15 is 0 Å². The molecule has 3 atom stereocenters. The van der Waals surface area contributed by atoms with E-state index in [1.165, 1.54) is 23.8 Å². The van der Waals surface area contributed by atoms with Crippen LogP contribution in [0.15, 0.2) is 18.2 Å². The molecule has 0 aliphatic heterocycles. The van der Waals surface area contributed by atoms with Crippen LogP contribution in [0.25, 0.3) is 0 Å². The Morgan fingerprint density at radius 3 is 2.95 bits per heavy atom. The van der Waals surface area contributed by atoms with Gasteiger partial charge in [-0.1, -0.05) is 38.5 Å². The monoisotopic (exact) mass is 304 g/mol. The number of aryl methyl sites for hydroxylation is 1. The molecule has 4 nitrogen and oxygen atoms in total. The first-order valence-electron chi connectivity index (χ1n) is 8.23. The highest BCUT2D eigenvalue weighted by molar-refractivity contribution is 5.77. The van der Waals surface area contributed by atoms with Crippen LogP contribution in [0.1, 0.15) is 61.9 Å². The number of amides is 1. The Labute approximate surface area is 133 Å². The SMILES string of the molecule is CCC(C)C(N)c1ccc2c(c1)C(NC(=O)COC)CCC2. The molecular weight excluding hydrogens is 276 g/mol. The summed E-state index contributed by atoms with van der Waals surface area (Å²) in [4.78, 5) is 11.8. The second-order valence-electron chi connectivity index (χ2n) is 6.31. The fraction of sp³-hybridized carbons (Fsp3) is 0.611. The second kappa shape index (κ2) is 7.75. The van der Waals surface area contributed by atoms with Crippen LogP contribution < -0.4 is 11.1 Å². The van der Waals surface area contributed by atoms with Crippen LogP contribution in [0.4, 0.5) is 0 Å². The first-order valence-corrected chi connectivity index (χ1v) is 8.23. The maximum atomic E-state index is 11.8. The molecule has 1 aromatic rings. The van der Waals surface area contributed by atoms with Crippen LogP contribution in [-0.2, 0) is 16.0 Å². The molecule has 1 amide bonds. The maximum Gasteiger partial charge on any atom is 0.246 e. The number of carbonyl (C=O) groups is 1. The number of ether oxygens (including phenoxy) is 1. The molecule has 0 bridgehead atoms. The average molecular weight is 304 g/mol. The summed E-state index contributed by atoms with van der Waals surface area (Å²) >= 11 is 0. The zero-order valence-corrected chi connectivity index (χ0v) is 13.9. The fourth-order valence-electron chi connectivity index (χ4n) is 3.12. The summed E-state index contributed by atoms with van der Waals surface area (Å²) in [6.07, 6.45) is 4.21. The van der Waals surface area contributed by atoms with Crippen molar-refractivity contribution < 1.29 is 9.53 Å². The van der Waals surface area contributed by atoms with E-state index in [0.717, 1.165) is 25.7 Å². The number of methoxy groups -OCH3 is 1. The quantitative estimate of drug-likeness (QED) is 0.849. The number of rotatable bonds is 6. The zero-order chi connectivity index (χ0) is 16.1. The topological polar surface area (TPSA) is 64.3 Å². The van der Waals surface area contributed by atoms with Crippen molar-refractivity contribution in [2.45, 2.75) is 51.6 Å². The van der Waals surface area contributed by atoms with Gasteiger partial charge in [-0.25, -0.2) is 0 Å². The maximum absolute atomic E-state index is 11.8. The summed E-state index contributed by atoms with van der Waals surface area (Å²) < 4.78 is 4.91. The number of nitrogens with two attached hydrogens (primary N) is 1. The van der Waals surface area contributed by atoms with Crippen molar-refractivity contribution in [3.63, 3.8) is 0 Å². The van der Waals surface area contributed by atoms with Crippen molar-refractivity contribution >= 4 is 5.91 Å². The molecule has 1 aliphatic carbocycles. The Hall–Kier alpha value is -1.39. The Bertz CT molecular complexity index is 516. The van der Waals surface area contributed by atoms with Crippen molar-refractivity contribution in [2.24, 2.45) is 11.7 Å². The van der Waals surface area contributed by atoms with Gasteiger partial charge >= 0.3 is 0 Å². The zero-order valence-electron chi connectivity index (χ0n) is 13.9. The van der Waals surface area contributed by atoms with Crippen molar-refractivity contribution in [1.82, 2.24) is 5.32 Å². The number of nitrogens with one attached hydrogen (secondary N) is 1. The van der Waals surface area contributed by atoms with E-state index in [1.54, 1.807) is 0 Å². The van der Waals surface area contributed by atoms with Gasteiger partial charge in [-0.3, -0.25) is 4.79 Å². The standard InChI is InChI=1S/C18H28N2O2/c1-4-12(2)18(19)14-9-8-13-6-5-7-16(15(13)10-14)20-17(21)11-22-3/h8-10,12,16,18H,4-7,11,19H2,1-3H3,(H,20,21). The third-order valence-electron chi connectivity index (χ3n) is 4.74. The summed E-state index contributed by atoms with van der Waals surface area (Å²) in [5.74, 6) is 0.389. The molecule has 122 valence electrons. The summed E-state index contributed by atoms with van der Waals surface area (Å²) in [6, 6.07) is 6.66. The van der Waals surface area contributed by atoms with E-state index in [4.69, 9.17) is 10.5 Å². The van der Waals surface area contributed by atoms with Gasteiger partial charge in [0.2, 0.25) is 5.91 Å². The molecule has 0 saturated heterocycles. The van der Waals surface area contributed by atoms with Crippen molar-refractivity contribution in [1.29, 1.82) is 0 Å². The Balaban J connectivity index is 2.22. The van der Waals surface area contributed by atoms with Gasteiger partial charge in [-0.05, 0) is 41.9 Å². The van der Waals surface area contributed by atoms with E-state index in [2.05, 4.69) is 37.4 Å². The Kier molecular flexibility index (Phi) is 5.98. The largest absolute Gasteiger partial charge is 0.375 e. The van der Waals surface area contributed by atoms with Crippen molar-refractivity contribution in [3.8, 4) is 0 Å². The first-order chi connectivity index (χ1) is 10.6. The molecule has 3 N–H and O–H groups in total. The lowest BCUT2D eigenvalue weighted by atomic mass is 9.84. The lowest BCUT2D eigenvalue weighted by molar-refractivity contribution is -0.125. The number of benzene rings is 1.